The van der Waals surface area contributed by atoms with Crippen LogP contribution in [-0.4, -0.2) is 22.6 Å². The van der Waals surface area contributed by atoms with E-state index in [-0.39, 0.29) is 24.3 Å². The van der Waals surface area contributed by atoms with E-state index in [1.165, 1.54) is 0 Å². The maximum Gasteiger partial charge on any atom is 0.407 e. The number of nitrogens with one attached hydrogen (secondary N) is 1. The van der Waals surface area contributed by atoms with E-state index in [9.17, 15) is 9.59 Å². The Bertz CT molecular complexity index is 997. The molecule has 6 nitrogen and oxygen atoms in total. The number of alkyl carbamates (subject to hydrolysis) is 1. The highest BCUT2D eigenvalue weighted by atomic mass is 16.6. The maximum atomic E-state index is 12.5. The lowest BCUT2D eigenvalue weighted by Gasteiger charge is -2.25. The molecule has 1 amide bonds. The molecule has 1 aromatic heterocycles. The molecule has 0 fully saturated rings. The van der Waals surface area contributed by atoms with Gasteiger partial charge in [0.25, 0.3) is 0 Å². The maximum absolute atomic E-state index is 12.5. The van der Waals surface area contributed by atoms with Gasteiger partial charge in [0.2, 0.25) is 0 Å². The topological polar surface area (TPSA) is 77.5 Å². The Kier molecular flexibility index (Phi) is 8.28. The minimum Gasteiger partial charge on any atom is -0.444 e. The number of aryl methyl sites for hydroxylation is 2. The molecule has 2 rings (SSSR count). The highest BCUT2D eigenvalue weighted by Crippen LogP contribution is 2.39. The monoisotopic (exact) mass is 454 g/mol. The van der Waals surface area contributed by atoms with Crippen LogP contribution in [0.4, 0.5) is 4.79 Å². The van der Waals surface area contributed by atoms with E-state index >= 15 is 0 Å². The number of carbonyl (C=O) groups excluding carboxylic acids is 2. The first kappa shape index (κ1) is 26.4. The van der Waals surface area contributed by atoms with Gasteiger partial charge < -0.3 is 14.8 Å². The molecule has 1 heterocycles. The number of aromatic nitrogens is 1. The van der Waals surface area contributed by atoms with Gasteiger partial charge in [-0.25, -0.2) is 4.79 Å². The van der Waals surface area contributed by atoms with Gasteiger partial charge in [0.15, 0.2) is 5.75 Å². The molecule has 0 aliphatic heterocycles. The molecule has 2 aromatic rings. The first-order chi connectivity index (χ1) is 15.2. The predicted molar refractivity (Wildman–Crippen MR) is 131 cm³/mol. The Labute approximate surface area is 198 Å². The predicted octanol–water partition coefficient (Wildman–Crippen LogP) is 6.29. The minimum absolute atomic E-state index is 0.0355. The number of esters is 1. The second-order valence-electron chi connectivity index (χ2n) is 10.6. The fraction of sp³-hybridized carbons (Fsp3) is 0.519. The van der Waals surface area contributed by atoms with Gasteiger partial charge >= 0.3 is 12.1 Å². The number of benzene rings is 1. The van der Waals surface area contributed by atoms with Crippen molar-refractivity contribution in [1.29, 1.82) is 0 Å². The van der Waals surface area contributed by atoms with Crippen molar-refractivity contribution in [2.45, 2.75) is 87.3 Å². The molecular weight excluding hydrogens is 416 g/mol. The number of nitrogens with zero attached hydrogens (tertiary/aromatic N) is 1. The number of hydrogen-bond donors (Lipinski definition) is 1. The highest BCUT2D eigenvalue weighted by molar-refractivity contribution is 5.81. The van der Waals surface area contributed by atoms with E-state index in [1.807, 2.05) is 58.9 Å². The summed E-state index contributed by atoms with van der Waals surface area (Å²) >= 11 is 0. The molecule has 1 N–H and O–H groups in total. The summed E-state index contributed by atoms with van der Waals surface area (Å²) in [6.45, 7) is 17.7. The zero-order chi connectivity index (χ0) is 25.0. The van der Waals surface area contributed by atoms with Gasteiger partial charge in [0, 0.05) is 29.8 Å². The van der Waals surface area contributed by atoms with Gasteiger partial charge in [-0.05, 0) is 52.0 Å². The smallest absolute Gasteiger partial charge is 0.407 e. The fourth-order valence-corrected chi connectivity index (χ4v) is 3.43. The normalized spacial score (nSPS) is 11.8. The molecule has 0 aliphatic rings. The zero-order valence-electron chi connectivity index (χ0n) is 21.5. The van der Waals surface area contributed by atoms with Gasteiger partial charge in [0.1, 0.15) is 5.60 Å². The molecule has 0 bridgehead atoms. The standard InChI is InChI=1S/C27H38N2O4/c1-10-22(30)32-24-18(3)29-21(15-26(4,5)6)20(16-28-25(31)33-27(7,8)9)23(24)19-13-11-17(2)12-14-19/h11-14H,10,15-16H2,1-9H3,(H,28,31). The van der Waals surface area contributed by atoms with E-state index in [4.69, 9.17) is 14.5 Å². The lowest BCUT2D eigenvalue weighted by molar-refractivity contribution is -0.134. The molecular formula is C27H38N2O4. The van der Waals surface area contributed by atoms with Crippen molar-refractivity contribution >= 4 is 12.1 Å². The van der Waals surface area contributed by atoms with E-state index < -0.39 is 11.7 Å². The van der Waals surface area contributed by atoms with Crippen LogP contribution in [0.25, 0.3) is 11.1 Å². The summed E-state index contributed by atoms with van der Waals surface area (Å²) in [6, 6.07) is 8.05. The van der Waals surface area contributed by atoms with Crippen LogP contribution in [0, 0.1) is 19.3 Å². The van der Waals surface area contributed by atoms with Crippen molar-refractivity contribution in [3.63, 3.8) is 0 Å². The van der Waals surface area contributed by atoms with E-state index in [1.54, 1.807) is 6.92 Å². The second-order valence-corrected chi connectivity index (χ2v) is 10.6. The number of amides is 1. The zero-order valence-corrected chi connectivity index (χ0v) is 21.5. The quantitative estimate of drug-likeness (QED) is 0.519. The molecule has 0 unspecified atom stereocenters. The van der Waals surface area contributed by atoms with Crippen LogP contribution in [0.2, 0.25) is 0 Å². The molecule has 180 valence electrons. The summed E-state index contributed by atoms with van der Waals surface area (Å²) in [4.78, 5) is 29.6. The van der Waals surface area contributed by atoms with Crippen molar-refractivity contribution in [2.24, 2.45) is 5.41 Å². The molecule has 0 aliphatic carbocycles. The van der Waals surface area contributed by atoms with Crippen molar-refractivity contribution < 1.29 is 19.1 Å². The van der Waals surface area contributed by atoms with Gasteiger partial charge in [-0.1, -0.05) is 57.5 Å². The minimum atomic E-state index is -0.606. The summed E-state index contributed by atoms with van der Waals surface area (Å²) in [5.74, 6) is 0.104. The number of carbonyl (C=O) groups is 2. The summed E-state index contributed by atoms with van der Waals surface area (Å²) in [5.41, 5.74) is 4.50. The Morgan fingerprint density at radius 2 is 1.61 bits per heavy atom. The number of pyridine rings is 1. The number of rotatable bonds is 6. The van der Waals surface area contributed by atoms with E-state index in [0.29, 0.717) is 17.9 Å². The van der Waals surface area contributed by atoms with Crippen LogP contribution in [0.5, 0.6) is 5.75 Å². The van der Waals surface area contributed by atoms with Crippen molar-refractivity contribution in [2.75, 3.05) is 0 Å². The van der Waals surface area contributed by atoms with Crippen LogP contribution in [0.15, 0.2) is 24.3 Å². The van der Waals surface area contributed by atoms with Crippen LogP contribution >= 0.6 is 0 Å². The van der Waals surface area contributed by atoms with Crippen molar-refractivity contribution in [3.8, 4) is 16.9 Å². The Hall–Kier alpha value is -2.89. The lowest BCUT2D eigenvalue weighted by Crippen LogP contribution is -2.32. The van der Waals surface area contributed by atoms with Crippen LogP contribution < -0.4 is 10.1 Å². The van der Waals surface area contributed by atoms with Crippen LogP contribution in [-0.2, 0) is 22.5 Å². The summed E-state index contributed by atoms with van der Waals surface area (Å²) in [5, 5.41) is 2.88. The van der Waals surface area contributed by atoms with Crippen molar-refractivity contribution in [1.82, 2.24) is 10.3 Å². The van der Waals surface area contributed by atoms with Gasteiger partial charge in [-0.2, -0.15) is 0 Å². The third-order valence-corrected chi connectivity index (χ3v) is 4.86. The fourth-order valence-electron chi connectivity index (χ4n) is 3.43. The Balaban J connectivity index is 2.70. The highest BCUT2D eigenvalue weighted by Gasteiger charge is 2.26. The number of ether oxygens (including phenoxy) is 2. The Morgan fingerprint density at radius 3 is 2.12 bits per heavy atom. The summed E-state index contributed by atoms with van der Waals surface area (Å²) < 4.78 is 11.2. The average Bonchev–Trinajstić information content (AvgIpc) is 2.67. The van der Waals surface area contributed by atoms with Gasteiger partial charge in [0.05, 0.1) is 5.69 Å². The molecule has 6 heteroatoms. The molecule has 0 saturated carbocycles. The van der Waals surface area contributed by atoms with Crippen LogP contribution in [0.3, 0.4) is 0 Å². The average molecular weight is 455 g/mol. The largest absolute Gasteiger partial charge is 0.444 e. The number of hydrogen-bond acceptors (Lipinski definition) is 5. The van der Waals surface area contributed by atoms with Crippen molar-refractivity contribution in [3.05, 3.63) is 46.8 Å². The first-order valence-electron chi connectivity index (χ1n) is 11.5. The lowest BCUT2D eigenvalue weighted by atomic mass is 9.86. The van der Waals surface area contributed by atoms with Crippen LogP contribution in [0.1, 0.15) is 77.4 Å². The van der Waals surface area contributed by atoms with Gasteiger partial charge in [-0.3, -0.25) is 9.78 Å². The summed E-state index contributed by atoms with van der Waals surface area (Å²) in [7, 11) is 0. The second kappa shape index (κ2) is 10.4. The van der Waals surface area contributed by atoms with Gasteiger partial charge in [-0.15, -0.1) is 0 Å². The third kappa shape index (κ3) is 7.88. The molecule has 0 radical (unpaired) electrons. The first-order valence-corrected chi connectivity index (χ1v) is 11.5. The molecule has 0 spiro atoms. The molecule has 33 heavy (non-hydrogen) atoms. The molecule has 1 aromatic carbocycles. The SMILES string of the molecule is CCC(=O)Oc1c(C)nc(CC(C)(C)C)c(CNC(=O)OC(C)(C)C)c1-c1ccc(C)cc1. The van der Waals surface area contributed by atoms with E-state index in [0.717, 1.165) is 27.9 Å². The summed E-state index contributed by atoms with van der Waals surface area (Å²) in [6.07, 6.45) is 0.439. The van der Waals surface area contributed by atoms with E-state index in [2.05, 4.69) is 26.1 Å². The molecule has 0 atom stereocenters. The third-order valence-electron chi connectivity index (χ3n) is 4.86. The molecule has 0 saturated heterocycles. The Morgan fingerprint density at radius 1 is 1.00 bits per heavy atom.